The molecule has 1 unspecified atom stereocenters. The molecule has 2 aromatic rings. The fourth-order valence-electron chi connectivity index (χ4n) is 3.11. The first-order valence-electron chi connectivity index (χ1n) is 6.93. The minimum Gasteiger partial charge on any atom is -0.271 e. The van der Waals surface area contributed by atoms with E-state index in [1.54, 1.807) is 0 Å². The second-order valence-corrected chi connectivity index (χ2v) is 5.40. The Morgan fingerprint density at radius 1 is 0.947 bits per heavy atom. The van der Waals surface area contributed by atoms with E-state index in [1.807, 2.05) is 0 Å². The van der Waals surface area contributed by atoms with Gasteiger partial charge in [-0.3, -0.25) is 11.3 Å². The maximum atomic E-state index is 5.79. The van der Waals surface area contributed by atoms with Crippen LogP contribution in [0.2, 0.25) is 0 Å². The van der Waals surface area contributed by atoms with Crippen molar-refractivity contribution in [2.75, 3.05) is 0 Å². The summed E-state index contributed by atoms with van der Waals surface area (Å²) in [7, 11) is 0. The highest BCUT2D eigenvalue weighted by molar-refractivity contribution is 5.33. The van der Waals surface area contributed by atoms with E-state index in [0.29, 0.717) is 12.0 Å². The maximum Gasteiger partial charge on any atom is 0.0285 e. The zero-order valence-corrected chi connectivity index (χ0v) is 11.0. The van der Waals surface area contributed by atoms with E-state index in [-0.39, 0.29) is 0 Å². The monoisotopic (exact) mass is 252 g/mol. The highest BCUT2D eigenvalue weighted by atomic mass is 15.2. The molecule has 0 saturated heterocycles. The van der Waals surface area contributed by atoms with Gasteiger partial charge in [-0.25, -0.2) is 0 Å². The number of nitrogens with two attached hydrogens (primary N) is 1. The van der Waals surface area contributed by atoms with Crippen LogP contribution in [0.4, 0.5) is 0 Å². The molecule has 3 rings (SSSR count). The lowest BCUT2D eigenvalue weighted by molar-refractivity contribution is 0.367. The van der Waals surface area contributed by atoms with Gasteiger partial charge >= 0.3 is 0 Å². The summed E-state index contributed by atoms with van der Waals surface area (Å²) < 4.78 is 0. The third-order valence-corrected chi connectivity index (χ3v) is 4.16. The molecule has 2 heteroatoms. The Bertz CT molecular complexity index is 511. The summed E-state index contributed by atoms with van der Waals surface area (Å²) in [6.45, 7) is 0. The zero-order valence-electron chi connectivity index (χ0n) is 11.0. The van der Waals surface area contributed by atoms with Crippen LogP contribution in [0.25, 0.3) is 0 Å². The normalized spacial score (nSPS) is 16.3. The number of fused-ring (bicyclic) bond motifs is 1. The average Bonchev–Trinajstić information content (AvgIpc) is 2.89. The largest absolute Gasteiger partial charge is 0.271 e. The standard InChI is InChI=1S/C17H20N2/c18-19-17(10-13-6-2-1-3-7-13)16-11-14-8-4-5-9-15(14)12-16/h1-9,16-17,19H,10-12,18H2. The van der Waals surface area contributed by atoms with Crippen molar-refractivity contribution in [3.8, 4) is 0 Å². The summed E-state index contributed by atoms with van der Waals surface area (Å²) in [4.78, 5) is 0. The Balaban J connectivity index is 1.71. The molecule has 3 N–H and O–H groups in total. The number of benzene rings is 2. The lowest BCUT2D eigenvalue weighted by atomic mass is 9.91. The first kappa shape index (κ1) is 12.4. The van der Waals surface area contributed by atoms with Gasteiger partial charge in [0.05, 0.1) is 0 Å². The van der Waals surface area contributed by atoms with E-state index in [0.717, 1.165) is 19.3 Å². The third kappa shape index (κ3) is 2.70. The first-order valence-corrected chi connectivity index (χ1v) is 6.93. The fraction of sp³-hybridized carbons (Fsp3) is 0.294. The average molecular weight is 252 g/mol. The number of nitrogens with one attached hydrogen (secondary N) is 1. The minimum absolute atomic E-state index is 0.342. The van der Waals surface area contributed by atoms with Crippen molar-refractivity contribution >= 4 is 0 Å². The van der Waals surface area contributed by atoms with Crippen LogP contribution in [0.5, 0.6) is 0 Å². The molecule has 0 saturated carbocycles. The molecule has 1 atom stereocenters. The highest BCUT2D eigenvalue weighted by Gasteiger charge is 2.27. The third-order valence-electron chi connectivity index (χ3n) is 4.16. The Morgan fingerprint density at radius 2 is 1.53 bits per heavy atom. The van der Waals surface area contributed by atoms with Crippen LogP contribution < -0.4 is 11.3 Å². The van der Waals surface area contributed by atoms with E-state index in [9.17, 15) is 0 Å². The van der Waals surface area contributed by atoms with E-state index < -0.39 is 0 Å². The molecule has 0 spiro atoms. The van der Waals surface area contributed by atoms with Crippen molar-refractivity contribution in [2.24, 2.45) is 11.8 Å². The number of hydrogen-bond acceptors (Lipinski definition) is 2. The predicted molar refractivity (Wildman–Crippen MR) is 78.6 cm³/mol. The van der Waals surface area contributed by atoms with Crippen LogP contribution >= 0.6 is 0 Å². The van der Waals surface area contributed by atoms with Crippen LogP contribution in [0.15, 0.2) is 54.6 Å². The summed E-state index contributed by atoms with van der Waals surface area (Å²) in [6, 6.07) is 19.7. The van der Waals surface area contributed by atoms with Gasteiger partial charge in [0.2, 0.25) is 0 Å². The van der Waals surface area contributed by atoms with E-state index in [1.165, 1.54) is 16.7 Å². The van der Waals surface area contributed by atoms with Crippen LogP contribution in [-0.2, 0) is 19.3 Å². The number of hydrazine groups is 1. The molecule has 98 valence electrons. The van der Waals surface area contributed by atoms with Gasteiger partial charge in [0.25, 0.3) is 0 Å². The molecule has 0 radical (unpaired) electrons. The molecule has 1 aliphatic carbocycles. The van der Waals surface area contributed by atoms with Crippen LogP contribution in [-0.4, -0.2) is 6.04 Å². The quantitative estimate of drug-likeness (QED) is 0.648. The molecule has 0 amide bonds. The number of hydrogen-bond donors (Lipinski definition) is 2. The van der Waals surface area contributed by atoms with Crippen molar-refractivity contribution in [3.05, 3.63) is 71.3 Å². The molecule has 0 fully saturated rings. The van der Waals surface area contributed by atoms with E-state index in [2.05, 4.69) is 60.0 Å². The van der Waals surface area contributed by atoms with Crippen molar-refractivity contribution in [1.29, 1.82) is 0 Å². The van der Waals surface area contributed by atoms with Crippen molar-refractivity contribution in [1.82, 2.24) is 5.43 Å². The van der Waals surface area contributed by atoms with Crippen LogP contribution in [0, 0.1) is 5.92 Å². The zero-order chi connectivity index (χ0) is 13.1. The van der Waals surface area contributed by atoms with Crippen molar-refractivity contribution in [2.45, 2.75) is 25.3 Å². The summed E-state index contributed by atoms with van der Waals surface area (Å²) in [5, 5.41) is 0. The van der Waals surface area contributed by atoms with Gasteiger partial charge < -0.3 is 0 Å². The molecule has 1 aliphatic rings. The van der Waals surface area contributed by atoms with E-state index in [4.69, 9.17) is 5.84 Å². The van der Waals surface area contributed by atoms with Gasteiger partial charge in [-0.05, 0) is 41.9 Å². The Labute approximate surface area is 114 Å². The molecule has 0 aliphatic heterocycles. The van der Waals surface area contributed by atoms with Gasteiger partial charge in [-0.15, -0.1) is 0 Å². The summed E-state index contributed by atoms with van der Waals surface area (Å²) in [6.07, 6.45) is 3.27. The lowest BCUT2D eigenvalue weighted by Gasteiger charge is -2.22. The Morgan fingerprint density at radius 3 is 2.11 bits per heavy atom. The summed E-state index contributed by atoms with van der Waals surface area (Å²) >= 11 is 0. The smallest absolute Gasteiger partial charge is 0.0285 e. The highest BCUT2D eigenvalue weighted by Crippen LogP contribution is 2.29. The minimum atomic E-state index is 0.342. The lowest BCUT2D eigenvalue weighted by Crippen LogP contribution is -2.42. The predicted octanol–water partition coefficient (Wildman–Crippen LogP) is 2.48. The molecule has 2 nitrogen and oxygen atoms in total. The van der Waals surface area contributed by atoms with Gasteiger partial charge in [0.1, 0.15) is 0 Å². The van der Waals surface area contributed by atoms with Crippen LogP contribution in [0.3, 0.4) is 0 Å². The molecule has 0 heterocycles. The molecular formula is C17H20N2. The second-order valence-electron chi connectivity index (χ2n) is 5.40. The Hall–Kier alpha value is -1.64. The van der Waals surface area contributed by atoms with Crippen molar-refractivity contribution in [3.63, 3.8) is 0 Å². The Kier molecular flexibility index (Phi) is 3.62. The SMILES string of the molecule is NNC(Cc1ccccc1)C1Cc2ccccc2C1. The maximum absolute atomic E-state index is 5.79. The van der Waals surface area contributed by atoms with Gasteiger partial charge in [0.15, 0.2) is 0 Å². The van der Waals surface area contributed by atoms with Gasteiger partial charge in [-0.1, -0.05) is 54.6 Å². The summed E-state index contributed by atoms with van der Waals surface area (Å²) in [5.41, 5.74) is 7.35. The second kappa shape index (κ2) is 5.55. The fourth-order valence-corrected chi connectivity index (χ4v) is 3.11. The number of rotatable bonds is 4. The van der Waals surface area contributed by atoms with E-state index >= 15 is 0 Å². The molecule has 2 aromatic carbocycles. The van der Waals surface area contributed by atoms with Crippen molar-refractivity contribution < 1.29 is 0 Å². The summed E-state index contributed by atoms with van der Waals surface area (Å²) in [5.74, 6) is 6.38. The van der Waals surface area contributed by atoms with Crippen LogP contribution in [0.1, 0.15) is 16.7 Å². The van der Waals surface area contributed by atoms with Gasteiger partial charge in [-0.2, -0.15) is 0 Å². The molecule has 0 bridgehead atoms. The molecule has 0 aromatic heterocycles. The topological polar surface area (TPSA) is 38.0 Å². The first-order chi connectivity index (χ1) is 9.36. The molecule has 19 heavy (non-hydrogen) atoms. The van der Waals surface area contributed by atoms with Gasteiger partial charge in [0, 0.05) is 6.04 Å². The molecular weight excluding hydrogens is 232 g/mol.